The molecular formula is C21H18Cl2FN3O4S. The summed E-state index contributed by atoms with van der Waals surface area (Å²) in [6, 6.07) is 6.53. The zero-order chi connectivity index (χ0) is 23.0. The Morgan fingerprint density at radius 1 is 1.31 bits per heavy atom. The second-order valence-corrected chi connectivity index (χ2v) is 9.54. The first kappa shape index (κ1) is 22.8. The highest BCUT2D eigenvalue weighted by molar-refractivity contribution is 8.00. The lowest BCUT2D eigenvalue weighted by molar-refractivity contribution is -0.155. The molecule has 3 heterocycles. The van der Waals surface area contributed by atoms with Crippen LogP contribution in [-0.4, -0.2) is 46.1 Å². The fraction of sp³-hybridized carbons (Fsp3) is 0.333. The lowest BCUT2D eigenvalue weighted by Crippen LogP contribution is -2.47. The highest BCUT2D eigenvalue weighted by Gasteiger charge is 2.57. The molecule has 1 aromatic heterocycles. The van der Waals surface area contributed by atoms with Crippen molar-refractivity contribution in [1.82, 2.24) is 9.88 Å². The summed E-state index contributed by atoms with van der Waals surface area (Å²) < 4.78 is 18.6. The first-order valence-electron chi connectivity index (χ1n) is 9.72. The van der Waals surface area contributed by atoms with Crippen LogP contribution in [-0.2, 0) is 24.0 Å². The van der Waals surface area contributed by atoms with E-state index in [1.54, 1.807) is 19.1 Å². The number of pyridine rings is 1. The molecule has 2 unspecified atom stereocenters. The molecule has 4 rings (SSSR count). The number of fused-ring (bicyclic) bond motifs is 1. The molecule has 0 bridgehead atoms. The molecule has 2 saturated heterocycles. The van der Waals surface area contributed by atoms with E-state index in [-0.39, 0.29) is 29.0 Å². The minimum absolute atomic E-state index is 0.107. The van der Waals surface area contributed by atoms with Crippen LogP contribution >= 0.6 is 35.0 Å². The second-order valence-electron chi connectivity index (χ2n) is 7.42. The molecule has 2 fully saturated rings. The molecule has 11 heteroatoms. The van der Waals surface area contributed by atoms with Gasteiger partial charge in [-0.3, -0.25) is 9.59 Å². The standard InChI is InChI=1S/C21H18Cl2FN3O4S/c1-11-14(22)8-15(23)19(25-11)26-17(28)9-31-20(30)16-10-32-21(7-6-18(29)27(16)21)12-2-4-13(24)5-3-12/h2-5,8,16H,6-7,9-10H2,1H3,(H,25,26,28). The summed E-state index contributed by atoms with van der Waals surface area (Å²) >= 11 is 13.4. The maximum Gasteiger partial charge on any atom is 0.330 e. The molecule has 1 aromatic carbocycles. The Bertz CT molecular complexity index is 1100. The molecule has 0 spiro atoms. The Hall–Kier alpha value is -2.36. The van der Waals surface area contributed by atoms with Crippen LogP contribution in [0.1, 0.15) is 24.1 Å². The highest BCUT2D eigenvalue weighted by atomic mass is 35.5. The monoisotopic (exact) mass is 497 g/mol. The lowest BCUT2D eigenvalue weighted by atomic mass is 10.0. The summed E-state index contributed by atoms with van der Waals surface area (Å²) in [6.45, 7) is 1.10. The Balaban J connectivity index is 1.43. The van der Waals surface area contributed by atoms with E-state index >= 15 is 0 Å². The van der Waals surface area contributed by atoms with Crippen molar-refractivity contribution in [3.63, 3.8) is 0 Å². The third-order valence-corrected chi connectivity index (χ3v) is 7.67. The first-order chi connectivity index (χ1) is 15.2. The largest absolute Gasteiger partial charge is 0.454 e. The van der Waals surface area contributed by atoms with Crippen molar-refractivity contribution in [2.45, 2.75) is 30.7 Å². The van der Waals surface area contributed by atoms with E-state index in [1.165, 1.54) is 34.9 Å². The molecule has 0 saturated carbocycles. The summed E-state index contributed by atoms with van der Waals surface area (Å²) in [5, 5.41) is 2.99. The minimum atomic E-state index is -0.840. The van der Waals surface area contributed by atoms with E-state index < -0.39 is 29.4 Å². The number of anilines is 1. The normalized spacial score (nSPS) is 22.1. The molecule has 7 nitrogen and oxygen atoms in total. The first-order valence-corrected chi connectivity index (χ1v) is 11.5. The van der Waals surface area contributed by atoms with Gasteiger partial charge in [-0.25, -0.2) is 14.2 Å². The van der Waals surface area contributed by atoms with Crippen LogP contribution in [0.4, 0.5) is 10.2 Å². The number of amides is 2. The summed E-state index contributed by atoms with van der Waals surface area (Å²) in [5.74, 6) is -1.45. The lowest BCUT2D eigenvalue weighted by Gasteiger charge is -2.33. The molecule has 2 aromatic rings. The fourth-order valence-electron chi connectivity index (χ4n) is 3.88. The summed E-state index contributed by atoms with van der Waals surface area (Å²) in [7, 11) is 0. The number of carbonyl (C=O) groups excluding carboxylic acids is 3. The quantitative estimate of drug-likeness (QED) is 0.630. The minimum Gasteiger partial charge on any atom is -0.454 e. The SMILES string of the molecule is Cc1nc(NC(=O)COC(=O)C2CSC3(c4ccc(F)cc4)CCC(=O)N23)c(Cl)cc1Cl. The average molecular weight is 498 g/mol. The molecule has 168 valence electrons. The summed E-state index contributed by atoms with van der Waals surface area (Å²) in [6.07, 6.45) is 0.779. The number of rotatable bonds is 5. The molecule has 32 heavy (non-hydrogen) atoms. The van der Waals surface area contributed by atoms with Crippen LogP contribution in [0.25, 0.3) is 0 Å². The molecule has 1 N–H and O–H groups in total. The van der Waals surface area contributed by atoms with Crippen molar-refractivity contribution < 1.29 is 23.5 Å². The smallest absolute Gasteiger partial charge is 0.330 e. The Kier molecular flexibility index (Phi) is 6.33. The van der Waals surface area contributed by atoms with E-state index in [0.29, 0.717) is 22.9 Å². The summed E-state index contributed by atoms with van der Waals surface area (Å²) in [4.78, 5) is 42.5. The van der Waals surface area contributed by atoms with Gasteiger partial charge in [0.25, 0.3) is 5.91 Å². The van der Waals surface area contributed by atoms with Crippen molar-refractivity contribution in [3.8, 4) is 0 Å². The topological polar surface area (TPSA) is 88.6 Å². The number of benzene rings is 1. The number of aryl methyl sites for hydroxylation is 1. The van der Waals surface area contributed by atoms with E-state index in [1.807, 2.05) is 0 Å². The predicted molar refractivity (Wildman–Crippen MR) is 119 cm³/mol. The van der Waals surface area contributed by atoms with Crippen molar-refractivity contribution in [2.24, 2.45) is 0 Å². The van der Waals surface area contributed by atoms with Gasteiger partial charge in [-0.2, -0.15) is 0 Å². The maximum atomic E-state index is 13.4. The van der Waals surface area contributed by atoms with Crippen LogP contribution in [0.5, 0.6) is 0 Å². The van der Waals surface area contributed by atoms with Crippen LogP contribution in [0.3, 0.4) is 0 Å². The number of ether oxygens (including phenoxy) is 1. The molecular weight excluding hydrogens is 480 g/mol. The van der Waals surface area contributed by atoms with Crippen LogP contribution in [0, 0.1) is 12.7 Å². The van der Waals surface area contributed by atoms with Gasteiger partial charge in [-0.05, 0) is 37.1 Å². The van der Waals surface area contributed by atoms with E-state index in [0.717, 1.165) is 5.56 Å². The van der Waals surface area contributed by atoms with E-state index in [9.17, 15) is 18.8 Å². The molecule has 2 aliphatic heterocycles. The molecule has 2 aliphatic rings. The number of thioether (sulfide) groups is 1. The number of aromatic nitrogens is 1. The third kappa shape index (κ3) is 4.16. The van der Waals surface area contributed by atoms with Gasteiger partial charge >= 0.3 is 5.97 Å². The second kappa shape index (κ2) is 8.88. The zero-order valence-electron chi connectivity index (χ0n) is 16.9. The number of hydrogen-bond donors (Lipinski definition) is 1. The number of halogens is 3. The molecule has 0 aliphatic carbocycles. The Morgan fingerprint density at radius 3 is 2.75 bits per heavy atom. The Labute approximate surface area is 197 Å². The van der Waals surface area contributed by atoms with Crippen LogP contribution < -0.4 is 5.32 Å². The number of esters is 1. The molecule has 0 radical (unpaired) electrons. The van der Waals surface area contributed by atoms with Crippen LogP contribution in [0.15, 0.2) is 30.3 Å². The summed E-state index contributed by atoms with van der Waals surface area (Å²) in [5.41, 5.74) is 1.23. The Morgan fingerprint density at radius 2 is 2.03 bits per heavy atom. The number of nitrogens with one attached hydrogen (secondary N) is 1. The zero-order valence-corrected chi connectivity index (χ0v) is 19.2. The third-order valence-electron chi connectivity index (χ3n) is 5.40. The maximum absolute atomic E-state index is 13.4. The average Bonchev–Trinajstić information content (AvgIpc) is 3.30. The van der Waals surface area contributed by atoms with Gasteiger partial charge in [-0.15, -0.1) is 11.8 Å². The van der Waals surface area contributed by atoms with Crippen molar-refractivity contribution in [1.29, 1.82) is 0 Å². The number of carbonyl (C=O) groups is 3. The van der Waals surface area contributed by atoms with Crippen molar-refractivity contribution >= 4 is 58.6 Å². The van der Waals surface area contributed by atoms with Gasteiger partial charge in [0, 0.05) is 12.2 Å². The van der Waals surface area contributed by atoms with Gasteiger partial charge in [-0.1, -0.05) is 35.3 Å². The fourth-order valence-corrected chi connectivity index (χ4v) is 5.92. The molecule has 2 amide bonds. The van der Waals surface area contributed by atoms with Crippen molar-refractivity contribution in [3.05, 3.63) is 57.5 Å². The van der Waals surface area contributed by atoms with Gasteiger partial charge in [0.1, 0.15) is 16.7 Å². The van der Waals surface area contributed by atoms with E-state index in [4.69, 9.17) is 27.9 Å². The van der Waals surface area contributed by atoms with Gasteiger partial charge in [0.2, 0.25) is 5.91 Å². The molecule has 2 atom stereocenters. The van der Waals surface area contributed by atoms with Crippen molar-refractivity contribution in [2.75, 3.05) is 17.7 Å². The van der Waals surface area contributed by atoms with Gasteiger partial charge in [0.15, 0.2) is 12.4 Å². The van der Waals surface area contributed by atoms with Gasteiger partial charge < -0.3 is 15.0 Å². The van der Waals surface area contributed by atoms with Gasteiger partial charge in [0.05, 0.1) is 15.7 Å². The number of nitrogens with zero attached hydrogens (tertiary/aromatic N) is 2. The van der Waals surface area contributed by atoms with E-state index in [2.05, 4.69) is 10.3 Å². The highest BCUT2D eigenvalue weighted by Crippen LogP contribution is 2.54. The predicted octanol–water partition coefficient (Wildman–Crippen LogP) is 3.91. The number of hydrogen-bond acceptors (Lipinski definition) is 6. The van der Waals surface area contributed by atoms with Crippen LogP contribution in [0.2, 0.25) is 10.0 Å².